The molecule has 2 heterocycles. The summed E-state index contributed by atoms with van der Waals surface area (Å²) in [6.07, 6.45) is 2.67. The van der Waals surface area contributed by atoms with Gasteiger partial charge in [0.1, 0.15) is 0 Å². The summed E-state index contributed by atoms with van der Waals surface area (Å²) in [5.74, 6) is 0.116. The van der Waals surface area contributed by atoms with Crippen LogP contribution in [-0.4, -0.2) is 55.7 Å². The minimum Gasteiger partial charge on any atom is -0.375 e. The van der Waals surface area contributed by atoms with Gasteiger partial charge in [0.15, 0.2) is 0 Å². The number of ether oxygens (including phenoxy) is 1. The zero-order valence-electron chi connectivity index (χ0n) is 14.5. The molecule has 1 unspecified atom stereocenters. The molecule has 0 saturated carbocycles. The third-order valence-electron chi connectivity index (χ3n) is 4.55. The molecular weight excluding hydrogens is 361 g/mol. The van der Waals surface area contributed by atoms with Crippen molar-refractivity contribution in [1.29, 1.82) is 0 Å². The molecule has 7 heteroatoms. The maximum Gasteiger partial charge on any atom is 0.222 e. The number of piperidine rings is 1. The smallest absolute Gasteiger partial charge is 0.222 e. The molecule has 5 nitrogen and oxygen atoms in total. The van der Waals surface area contributed by atoms with Gasteiger partial charge in [-0.3, -0.25) is 9.69 Å². The molecule has 0 bridgehead atoms. The van der Waals surface area contributed by atoms with Crippen molar-refractivity contribution in [3.05, 3.63) is 35.9 Å². The number of carbonyl (C=O) groups excluding carboxylic acids is 1. The van der Waals surface area contributed by atoms with E-state index in [1.165, 1.54) is 5.56 Å². The van der Waals surface area contributed by atoms with Crippen LogP contribution in [0.15, 0.2) is 30.3 Å². The molecule has 2 aliphatic rings. The number of carbonyl (C=O) groups is 1. The SMILES string of the molecule is Cl.Cl.O=C(CC1CN(Cc2ccccc2)CCO1)N[C@H]1CCCNC1. The summed E-state index contributed by atoms with van der Waals surface area (Å²) >= 11 is 0. The Morgan fingerprint density at radius 3 is 2.80 bits per heavy atom. The van der Waals surface area contributed by atoms with E-state index in [1.54, 1.807) is 0 Å². The number of nitrogens with zero attached hydrogens (tertiary/aromatic N) is 1. The molecule has 25 heavy (non-hydrogen) atoms. The molecule has 3 rings (SSSR count). The van der Waals surface area contributed by atoms with Gasteiger partial charge in [-0.15, -0.1) is 24.8 Å². The van der Waals surface area contributed by atoms with E-state index in [2.05, 4.69) is 39.8 Å². The molecule has 2 aliphatic heterocycles. The third kappa shape index (κ3) is 7.50. The lowest BCUT2D eigenvalue weighted by Gasteiger charge is -2.33. The number of nitrogens with one attached hydrogen (secondary N) is 2. The van der Waals surface area contributed by atoms with Gasteiger partial charge in [-0.2, -0.15) is 0 Å². The van der Waals surface area contributed by atoms with Crippen molar-refractivity contribution in [2.24, 2.45) is 0 Å². The number of rotatable bonds is 5. The summed E-state index contributed by atoms with van der Waals surface area (Å²) < 4.78 is 5.79. The molecule has 142 valence electrons. The first-order valence-electron chi connectivity index (χ1n) is 8.67. The van der Waals surface area contributed by atoms with Crippen LogP contribution in [-0.2, 0) is 16.1 Å². The highest BCUT2D eigenvalue weighted by Crippen LogP contribution is 2.13. The fourth-order valence-corrected chi connectivity index (χ4v) is 3.36. The number of halogens is 2. The van der Waals surface area contributed by atoms with Crippen molar-refractivity contribution >= 4 is 30.7 Å². The quantitative estimate of drug-likeness (QED) is 0.808. The molecule has 2 fully saturated rings. The average Bonchev–Trinajstić information content (AvgIpc) is 2.57. The van der Waals surface area contributed by atoms with Crippen molar-refractivity contribution in [3.8, 4) is 0 Å². The fraction of sp³-hybridized carbons (Fsp3) is 0.611. The molecule has 0 spiro atoms. The van der Waals surface area contributed by atoms with E-state index < -0.39 is 0 Å². The summed E-state index contributed by atoms with van der Waals surface area (Å²) in [4.78, 5) is 14.6. The number of hydrogen-bond donors (Lipinski definition) is 2. The maximum absolute atomic E-state index is 12.2. The van der Waals surface area contributed by atoms with Gasteiger partial charge in [-0.1, -0.05) is 30.3 Å². The number of benzene rings is 1. The number of amides is 1. The van der Waals surface area contributed by atoms with Gasteiger partial charge >= 0.3 is 0 Å². The van der Waals surface area contributed by atoms with Gasteiger partial charge in [0.05, 0.1) is 19.1 Å². The normalized spacial score (nSPS) is 23.8. The number of morpholine rings is 1. The molecule has 0 aliphatic carbocycles. The summed E-state index contributed by atoms with van der Waals surface area (Å²) in [6, 6.07) is 10.7. The lowest BCUT2D eigenvalue weighted by atomic mass is 10.1. The topological polar surface area (TPSA) is 53.6 Å². The second kappa shape index (κ2) is 11.7. The Bertz CT molecular complexity index is 498. The third-order valence-corrected chi connectivity index (χ3v) is 4.55. The van der Waals surface area contributed by atoms with Crippen LogP contribution >= 0.6 is 24.8 Å². The maximum atomic E-state index is 12.2. The number of hydrogen-bond acceptors (Lipinski definition) is 4. The van der Waals surface area contributed by atoms with Crippen LogP contribution < -0.4 is 10.6 Å². The van der Waals surface area contributed by atoms with E-state index in [1.807, 2.05) is 6.07 Å². The molecule has 0 aromatic heterocycles. The first kappa shape index (κ1) is 22.2. The Balaban J connectivity index is 0.00000156. The molecule has 2 N–H and O–H groups in total. The first-order chi connectivity index (χ1) is 11.3. The van der Waals surface area contributed by atoms with Crippen molar-refractivity contribution in [3.63, 3.8) is 0 Å². The van der Waals surface area contributed by atoms with E-state index in [0.29, 0.717) is 13.0 Å². The Morgan fingerprint density at radius 2 is 2.08 bits per heavy atom. The summed E-state index contributed by atoms with van der Waals surface area (Å²) in [7, 11) is 0. The van der Waals surface area contributed by atoms with Crippen LogP contribution in [0.3, 0.4) is 0 Å². The second-order valence-electron chi connectivity index (χ2n) is 6.53. The summed E-state index contributed by atoms with van der Waals surface area (Å²) in [5, 5.41) is 6.45. The minimum atomic E-state index is 0. The van der Waals surface area contributed by atoms with Crippen LogP contribution in [0.1, 0.15) is 24.8 Å². The van der Waals surface area contributed by atoms with E-state index in [0.717, 1.165) is 45.6 Å². The Morgan fingerprint density at radius 1 is 1.28 bits per heavy atom. The van der Waals surface area contributed by atoms with Crippen molar-refractivity contribution in [2.45, 2.75) is 38.0 Å². The van der Waals surface area contributed by atoms with Gasteiger partial charge in [0.25, 0.3) is 0 Å². The van der Waals surface area contributed by atoms with Gasteiger partial charge in [0, 0.05) is 32.2 Å². The molecule has 1 aromatic rings. The van der Waals surface area contributed by atoms with Gasteiger partial charge < -0.3 is 15.4 Å². The van der Waals surface area contributed by atoms with Crippen LogP contribution in [0.2, 0.25) is 0 Å². The zero-order chi connectivity index (χ0) is 15.9. The summed E-state index contributed by atoms with van der Waals surface area (Å²) in [6.45, 7) is 5.33. The largest absolute Gasteiger partial charge is 0.375 e. The highest BCUT2D eigenvalue weighted by molar-refractivity contribution is 5.85. The van der Waals surface area contributed by atoms with Crippen molar-refractivity contribution < 1.29 is 9.53 Å². The zero-order valence-corrected chi connectivity index (χ0v) is 16.1. The molecule has 2 atom stereocenters. The molecule has 1 aromatic carbocycles. The Hall–Kier alpha value is -0.850. The molecule has 0 radical (unpaired) electrons. The average molecular weight is 390 g/mol. The van der Waals surface area contributed by atoms with Crippen molar-refractivity contribution in [2.75, 3.05) is 32.8 Å². The molecule has 2 saturated heterocycles. The van der Waals surface area contributed by atoms with E-state index in [-0.39, 0.29) is 42.9 Å². The highest BCUT2D eigenvalue weighted by atomic mass is 35.5. The van der Waals surface area contributed by atoms with Gasteiger partial charge in [-0.25, -0.2) is 0 Å². The van der Waals surface area contributed by atoms with Gasteiger partial charge in [-0.05, 0) is 24.9 Å². The minimum absolute atomic E-state index is 0. The van der Waals surface area contributed by atoms with Crippen LogP contribution in [0, 0.1) is 0 Å². The fourth-order valence-electron chi connectivity index (χ4n) is 3.36. The summed E-state index contributed by atoms with van der Waals surface area (Å²) in [5.41, 5.74) is 1.31. The second-order valence-corrected chi connectivity index (χ2v) is 6.53. The Kier molecular flexibility index (Phi) is 10.4. The lowest BCUT2D eigenvalue weighted by Crippen LogP contribution is -2.48. The van der Waals surface area contributed by atoms with Gasteiger partial charge in [0.2, 0.25) is 5.91 Å². The highest BCUT2D eigenvalue weighted by Gasteiger charge is 2.24. The van der Waals surface area contributed by atoms with Crippen LogP contribution in [0.4, 0.5) is 0 Å². The molecule has 1 amide bonds. The van der Waals surface area contributed by atoms with E-state index in [9.17, 15) is 4.79 Å². The monoisotopic (exact) mass is 389 g/mol. The van der Waals surface area contributed by atoms with E-state index >= 15 is 0 Å². The lowest BCUT2D eigenvalue weighted by molar-refractivity contribution is -0.127. The van der Waals surface area contributed by atoms with Crippen LogP contribution in [0.5, 0.6) is 0 Å². The first-order valence-corrected chi connectivity index (χ1v) is 8.67. The van der Waals surface area contributed by atoms with Crippen molar-refractivity contribution in [1.82, 2.24) is 15.5 Å². The standard InChI is InChI=1S/C18H27N3O2.2ClH/c22-18(20-16-7-4-8-19-12-16)11-17-14-21(9-10-23-17)13-15-5-2-1-3-6-15;;/h1-3,5-6,16-17,19H,4,7-14H2,(H,20,22);2*1H/t16-,17?;;/m0../s1. The predicted molar refractivity (Wildman–Crippen MR) is 105 cm³/mol. The molecular formula is C18H29Cl2N3O2. The van der Waals surface area contributed by atoms with E-state index in [4.69, 9.17) is 4.74 Å². The van der Waals surface area contributed by atoms with Crippen LogP contribution in [0.25, 0.3) is 0 Å². The predicted octanol–water partition coefficient (Wildman–Crippen LogP) is 1.99. The Labute approximate surface area is 162 Å².